The normalized spacial score (nSPS) is 11.1. The van der Waals surface area contributed by atoms with Crippen LogP contribution in [-0.2, 0) is 0 Å². The van der Waals surface area contributed by atoms with Crippen molar-refractivity contribution in [2.75, 3.05) is 0 Å². The monoisotopic (exact) mass is 276 g/mol. The van der Waals surface area contributed by atoms with Crippen molar-refractivity contribution in [1.29, 1.82) is 0 Å². The molecule has 2 aromatic heterocycles. The van der Waals surface area contributed by atoms with Gasteiger partial charge in [-0.15, -0.1) is 0 Å². The van der Waals surface area contributed by atoms with Crippen LogP contribution in [0, 0.1) is 0 Å². The maximum absolute atomic E-state index is 10.4. The Hall–Kier alpha value is -2.66. The molecule has 102 valence electrons. The molecule has 4 aromatic rings. The molecule has 5 heteroatoms. The van der Waals surface area contributed by atoms with E-state index in [9.17, 15) is 5.02 Å². The Morgan fingerprint density at radius 1 is 0.810 bits per heavy atom. The van der Waals surface area contributed by atoms with E-state index >= 15 is 0 Å². The van der Waals surface area contributed by atoms with E-state index in [-0.39, 0.29) is 0 Å². The molecule has 0 amide bonds. The van der Waals surface area contributed by atoms with Crippen molar-refractivity contribution in [3.8, 4) is 5.75 Å². The van der Waals surface area contributed by atoms with Gasteiger partial charge in [-0.25, -0.2) is 0 Å². The summed E-state index contributed by atoms with van der Waals surface area (Å²) >= 11 is 0. The minimum Gasteiger partial charge on any atom is -0.532 e. The van der Waals surface area contributed by atoms with E-state index in [1.807, 2.05) is 60.9 Å². The summed E-state index contributed by atoms with van der Waals surface area (Å²) in [7, 11) is -1.01. The number of aromatic amines is 2. The van der Waals surface area contributed by atoms with Crippen LogP contribution in [0.1, 0.15) is 0 Å². The molecule has 21 heavy (non-hydrogen) atoms. The molecule has 0 spiro atoms. The van der Waals surface area contributed by atoms with Crippen LogP contribution in [0.5, 0.6) is 5.75 Å². The largest absolute Gasteiger partial charge is 0.560 e. The molecule has 0 fully saturated rings. The highest BCUT2D eigenvalue weighted by atomic mass is 16.5. The smallest absolute Gasteiger partial charge is 0.532 e. The summed E-state index contributed by atoms with van der Waals surface area (Å²) in [4.78, 5) is 6.26. The van der Waals surface area contributed by atoms with E-state index < -0.39 is 7.12 Å². The van der Waals surface area contributed by atoms with E-state index in [0.29, 0.717) is 5.75 Å². The zero-order valence-corrected chi connectivity index (χ0v) is 11.2. The second-order valence-electron chi connectivity index (χ2n) is 4.95. The second-order valence-corrected chi connectivity index (χ2v) is 4.95. The lowest BCUT2D eigenvalue weighted by Gasteiger charge is -2.12. The van der Waals surface area contributed by atoms with Gasteiger partial charge in [-0.3, -0.25) is 0 Å². The van der Waals surface area contributed by atoms with Crippen LogP contribution >= 0.6 is 0 Å². The Morgan fingerprint density at radius 3 is 2.29 bits per heavy atom. The van der Waals surface area contributed by atoms with E-state index in [0.717, 1.165) is 27.3 Å². The standard InChI is InChI=1S/C16H13BN2O2/c20-17(13-3-1-4-14-11(13)7-9-18-14)21-16-6-2-5-15-12(16)8-10-19-15/h1-10,18-20H. The van der Waals surface area contributed by atoms with Gasteiger partial charge in [0, 0.05) is 39.7 Å². The van der Waals surface area contributed by atoms with Gasteiger partial charge < -0.3 is 19.6 Å². The molecule has 4 rings (SSSR count). The van der Waals surface area contributed by atoms with Crippen molar-refractivity contribution in [1.82, 2.24) is 9.97 Å². The fourth-order valence-electron chi connectivity index (χ4n) is 2.67. The molecule has 0 unspecified atom stereocenters. The van der Waals surface area contributed by atoms with Gasteiger partial charge in [0.1, 0.15) is 5.75 Å². The van der Waals surface area contributed by atoms with E-state index in [2.05, 4.69) is 9.97 Å². The first-order chi connectivity index (χ1) is 10.3. The predicted molar refractivity (Wildman–Crippen MR) is 84.8 cm³/mol. The number of hydrogen-bond donors (Lipinski definition) is 3. The number of benzene rings is 2. The van der Waals surface area contributed by atoms with E-state index in [4.69, 9.17) is 4.65 Å². The van der Waals surface area contributed by atoms with Gasteiger partial charge in [-0.05, 0) is 30.3 Å². The summed E-state index contributed by atoms with van der Waals surface area (Å²) < 4.78 is 5.77. The van der Waals surface area contributed by atoms with Crippen molar-refractivity contribution in [2.45, 2.75) is 0 Å². The summed E-state index contributed by atoms with van der Waals surface area (Å²) in [6.07, 6.45) is 3.71. The molecule has 2 aromatic carbocycles. The lowest BCUT2D eigenvalue weighted by molar-refractivity contribution is 0.436. The maximum atomic E-state index is 10.4. The predicted octanol–water partition coefficient (Wildman–Crippen LogP) is 2.42. The Bertz CT molecular complexity index is 913. The third-order valence-electron chi connectivity index (χ3n) is 3.69. The second kappa shape index (κ2) is 4.72. The SMILES string of the molecule is OB(Oc1cccc2[nH]ccc12)c1cccc2[nH]ccc12. The Labute approximate surface area is 121 Å². The molecule has 0 radical (unpaired) electrons. The first-order valence-corrected chi connectivity index (χ1v) is 6.80. The average molecular weight is 276 g/mol. The van der Waals surface area contributed by atoms with Crippen molar-refractivity contribution >= 4 is 34.4 Å². The average Bonchev–Trinajstić information content (AvgIpc) is 3.15. The molecule has 0 atom stereocenters. The zero-order chi connectivity index (χ0) is 14.2. The number of rotatable bonds is 3. The molecule has 0 aliphatic carbocycles. The maximum Gasteiger partial charge on any atom is 0.560 e. The van der Waals surface area contributed by atoms with Crippen molar-refractivity contribution in [2.24, 2.45) is 0 Å². The van der Waals surface area contributed by atoms with Crippen molar-refractivity contribution < 1.29 is 9.68 Å². The molecule has 0 aliphatic rings. The Balaban J connectivity index is 1.74. The number of aromatic nitrogens is 2. The van der Waals surface area contributed by atoms with Gasteiger partial charge in [0.2, 0.25) is 0 Å². The molecule has 0 bridgehead atoms. The highest BCUT2D eigenvalue weighted by Crippen LogP contribution is 2.25. The van der Waals surface area contributed by atoms with Crippen molar-refractivity contribution in [3.05, 3.63) is 60.9 Å². The molecule has 4 nitrogen and oxygen atoms in total. The summed E-state index contributed by atoms with van der Waals surface area (Å²) in [5.74, 6) is 0.661. The molecular formula is C16H13BN2O2. The van der Waals surface area contributed by atoms with E-state index in [1.54, 1.807) is 0 Å². The quantitative estimate of drug-likeness (QED) is 0.503. The Kier molecular flexibility index (Phi) is 2.72. The number of hydrogen-bond acceptors (Lipinski definition) is 2. The molecule has 2 heterocycles. The fourth-order valence-corrected chi connectivity index (χ4v) is 2.67. The number of fused-ring (bicyclic) bond motifs is 2. The van der Waals surface area contributed by atoms with Crippen LogP contribution in [0.4, 0.5) is 0 Å². The molecule has 0 saturated heterocycles. The van der Waals surface area contributed by atoms with Gasteiger partial charge in [0.25, 0.3) is 0 Å². The number of H-pyrrole nitrogens is 2. The highest BCUT2D eigenvalue weighted by Gasteiger charge is 2.22. The zero-order valence-electron chi connectivity index (χ0n) is 11.2. The minimum absolute atomic E-state index is 0.661. The summed E-state index contributed by atoms with van der Waals surface area (Å²) in [5, 5.41) is 12.4. The van der Waals surface area contributed by atoms with Gasteiger partial charge in [-0.1, -0.05) is 18.2 Å². The van der Waals surface area contributed by atoms with Crippen LogP contribution < -0.4 is 10.1 Å². The molecule has 0 aliphatic heterocycles. The molecule has 0 saturated carbocycles. The molecular weight excluding hydrogens is 263 g/mol. The first-order valence-electron chi connectivity index (χ1n) is 6.80. The van der Waals surface area contributed by atoms with Gasteiger partial charge in [0.15, 0.2) is 0 Å². The van der Waals surface area contributed by atoms with Gasteiger partial charge in [0.05, 0.1) is 0 Å². The third-order valence-corrected chi connectivity index (χ3v) is 3.69. The van der Waals surface area contributed by atoms with Crippen LogP contribution in [0.2, 0.25) is 0 Å². The summed E-state index contributed by atoms with van der Waals surface area (Å²) in [5.41, 5.74) is 2.72. The summed E-state index contributed by atoms with van der Waals surface area (Å²) in [6, 6.07) is 15.4. The Morgan fingerprint density at radius 2 is 1.48 bits per heavy atom. The lowest BCUT2D eigenvalue weighted by Crippen LogP contribution is -2.37. The van der Waals surface area contributed by atoms with Gasteiger partial charge in [-0.2, -0.15) is 0 Å². The van der Waals surface area contributed by atoms with Crippen LogP contribution in [0.25, 0.3) is 21.8 Å². The van der Waals surface area contributed by atoms with Crippen LogP contribution in [0.3, 0.4) is 0 Å². The highest BCUT2D eigenvalue weighted by molar-refractivity contribution is 6.64. The first kappa shape index (κ1) is 12.1. The van der Waals surface area contributed by atoms with Crippen LogP contribution in [0.15, 0.2) is 60.9 Å². The topological polar surface area (TPSA) is 61.0 Å². The van der Waals surface area contributed by atoms with Gasteiger partial charge >= 0.3 is 7.12 Å². The number of nitrogens with one attached hydrogen (secondary N) is 2. The minimum atomic E-state index is -1.01. The third kappa shape index (κ3) is 1.99. The lowest BCUT2D eigenvalue weighted by atomic mass is 9.77. The fraction of sp³-hybridized carbons (Fsp3) is 0. The van der Waals surface area contributed by atoms with Crippen molar-refractivity contribution in [3.63, 3.8) is 0 Å². The van der Waals surface area contributed by atoms with Crippen LogP contribution in [-0.4, -0.2) is 22.1 Å². The molecule has 3 N–H and O–H groups in total. The summed E-state index contributed by atoms with van der Waals surface area (Å²) in [6.45, 7) is 0. The van der Waals surface area contributed by atoms with E-state index in [1.165, 1.54) is 0 Å².